The van der Waals surface area contributed by atoms with Gasteiger partial charge in [0.1, 0.15) is 0 Å². The number of hydrogen-bond donors (Lipinski definition) is 2. The summed E-state index contributed by atoms with van der Waals surface area (Å²) in [6, 6.07) is 12.2. The molecule has 25 heavy (non-hydrogen) atoms. The van der Waals surface area contributed by atoms with E-state index in [9.17, 15) is 0 Å². The zero-order chi connectivity index (χ0) is 17.4. The summed E-state index contributed by atoms with van der Waals surface area (Å²) >= 11 is 6.04. The summed E-state index contributed by atoms with van der Waals surface area (Å²) in [5.74, 6) is 0.882. The van der Waals surface area contributed by atoms with Crippen molar-refractivity contribution in [3.8, 4) is 0 Å². The quantitative estimate of drug-likeness (QED) is 0.277. The number of nitrogens with zero attached hydrogens (tertiary/aromatic N) is 3. The Balaban J connectivity index is 0.00000312. The minimum Gasteiger partial charge on any atom is -0.385 e. The minimum absolute atomic E-state index is 0. The molecule has 2 rings (SSSR count). The molecule has 0 saturated carbocycles. The number of anilines is 1. The van der Waals surface area contributed by atoms with Gasteiger partial charge in [-0.1, -0.05) is 29.8 Å². The first kappa shape index (κ1) is 21.6. The van der Waals surface area contributed by atoms with E-state index in [1.165, 1.54) is 0 Å². The lowest BCUT2D eigenvalue weighted by molar-refractivity contribution is 0.461. The van der Waals surface area contributed by atoms with Crippen LogP contribution in [0.15, 0.2) is 47.6 Å². The van der Waals surface area contributed by atoms with Crippen molar-refractivity contribution in [2.75, 3.05) is 32.5 Å². The van der Waals surface area contributed by atoms with Crippen molar-refractivity contribution >= 4 is 47.2 Å². The van der Waals surface area contributed by atoms with Crippen molar-refractivity contribution in [2.24, 2.45) is 12.0 Å². The lowest BCUT2D eigenvalue weighted by atomic mass is 10.3. The average molecular weight is 476 g/mol. The Labute approximate surface area is 172 Å². The fourth-order valence-corrected chi connectivity index (χ4v) is 2.78. The fourth-order valence-electron chi connectivity index (χ4n) is 2.50. The molecular weight excluding hydrogens is 449 g/mol. The summed E-state index contributed by atoms with van der Waals surface area (Å²) in [5.41, 5.74) is 2.30. The molecule has 0 aliphatic rings. The van der Waals surface area contributed by atoms with Gasteiger partial charge in [0.2, 0.25) is 0 Å². The fraction of sp³-hybridized carbons (Fsp3) is 0.389. The number of para-hydroxylation sites is 1. The first-order valence-corrected chi connectivity index (χ1v) is 8.49. The van der Waals surface area contributed by atoms with Crippen LogP contribution in [0.4, 0.5) is 5.69 Å². The third-order valence-corrected chi connectivity index (χ3v) is 3.99. The van der Waals surface area contributed by atoms with Gasteiger partial charge in [0.05, 0.1) is 11.6 Å². The molecule has 0 amide bonds. The molecule has 0 atom stereocenters. The third-order valence-electron chi connectivity index (χ3n) is 3.79. The van der Waals surface area contributed by atoms with Crippen LogP contribution in [0.25, 0.3) is 0 Å². The Morgan fingerprint density at radius 1 is 1.24 bits per heavy atom. The molecule has 5 nitrogen and oxygen atoms in total. The maximum Gasteiger partial charge on any atom is 0.193 e. The van der Waals surface area contributed by atoms with Gasteiger partial charge in [0.25, 0.3) is 0 Å². The number of hydrogen-bond acceptors (Lipinski definition) is 2. The molecule has 7 heteroatoms. The first-order valence-electron chi connectivity index (χ1n) is 8.11. The summed E-state index contributed by atoms with van der Waals surface area (Å²) < 4.78 is 2.04. The molecule has 2 aromatic rings. The average Bonchev–Trinajstić information content (AvgIpc) is 2.89. The molecule has 0 spiro atoms. The second-order valence-corrected chi connectivity index (χ2v) is 6.17. The first-order chi connectivity index (χ1) is 11.6. The van der Waals surface area contributed by atoms with E-state index in [4.69, 9.17) is 11.6 Å². The van der Waals surface area contributed by atoms with E-state index in [1.807, 2.05) is 49.1 Å². The normalized spacial score (nSPS) is 11.0. The maximum atomic E-state index is 6.04. The highest BCUT2D eigenvalue weighted by Gasteiger charge is 2.09. The van der Waals surface area contributed by atoms with Crippen molar-refractivity contribution < 1.29 is 0 Å². The molecule has 2 N–H and O–H groups in total. The monoisotopic (exact) mass is 475 g/mol. The number of benzene rings is 1. The topological polar surface area (TPSA) is 44.6 Å². The highest BCUT2D eigenvalue weighted by atomic mass is 127. The summed E-state index contributed by atoms with van der Waals surface area (Å²) in [4.78, 5) is 6.44. The molecule has 0 bridgehead atoms. The maximum absolute atomic E-state index is 6.04. The number of nitrogens with one attached hydrogen (secondary N) is 2. The lowest BCUT2D eigenvalue weighted by Gasteiger charge is -2.22. The van der Waals surface area contributed by atoms with Crippen LogP contribution in [0.5, 0.6) is 0 Å². The number of halogens is 2. The van der Waals surface area contributed by atoms with Crippen molar-refractivity contribution in [1.29, 1.82) is 0 Å². The smallest absolute Gasteiger partial charge is 0.193 e. The lowest BCUT2D eigenvalue weighted by Crippen LogP contribution is -2.39. The summed E-state index contributed by atoms with van der Waals surface area (Å²) in [5, 5.41) is 7.56. The largest absolute Gasteiger partial charge is 0.385 e. The highest BCUT2D eigenvalue weighted by Crippen LogP contribution is 2.14. The molecular formula is C18H27ClIN5. The second kappa shape index (κ2) is 11.3. The van der Waals surface area contributed by atoms with E-state index >= 15 is 0 Å². The van der Waals surface area contributed by atoms with Crippen LogP contribution < -0.4 is 10.6 Å². The van der Waals surface area contributed by atoms with E-state index in [-0.39, 0.29) is 24.0 Å². The molecule has 0 fully saturated rings. The summed E-state index contributed by atoms with van der Waals surface area (Å²) in [7, 11) is 5.83. The third kappa shape index (κ3) is 7.15. The molecule has 1 aromatic carbocycles. The van der Waals surface area contributed by atoms with Crippen molar-refractivity contribution in [1.82, 2.24) is 14.8 Å². The number of aryl methyl sites for hydroxylation is 1. The predicted octanol–water partition coefficient (Wildman–Crippen LogP) is 3.81. The van der Waals surface area contributed by atoms with Gasteiger partial charge in [-0.2, -0.15) is 0 Å². The Morgan fingerprint density at radius 3 is 2.56 bits per heavy atom. The van der Waals surface area contributed by atoms with E-state index in [2.05, 4.69) is 32.7 Å². The summed E-state index contributed by atoms with van der Waals surface area (Å²) in [6.45, 7) is 2.54. The van der Waals surface area contributed by atoms with Gasteiger partial charge in [-0.05, 0) is 24.6 Å². The second-order valence-electron chi connectivity index (χ2n) is 5.74. The predicted molar refractivity (Wildman–Crippen MR) is 118 cm³/mol. The Bertz CT molecular complexity index is 657. The molecule has 0 unspecified atom stereocenters. The number of aromatic nitrogens is 1. The van der Waals surface area contributed by atoms with Crippen LogP contribution in [0.3, 0.4) is 0 Å². The van der Waals surface area contributed by atoms with Crippen molar-refractivity contribution in [2.45, 2.75) is 13.0 Å². The van der Waals surface area contributed by atoms with Gasteiger partial charge in [-0.15, -0.1) is 24.0 Å². The van der Waals surface area contributed by atoms with Crippen LogP contribution in [-0.4, -0.2) is 42.6 Å². The molecule has 0 aliphatic carbocycles. The van der Waals surface area contributed by atoms with Crippen molar-refractivity contribution in [3.63, 3.8) is 0 Å². The Morgan fingerprint density at radius 2 is 1.96 bits per heavy atom. The van der Waals surface area contributed by atoms with Crippen LogP contribution in [-0.2, 0) is 13.6 Å². The van der Waals surface area contributed by atoms with Gasteiger partial charge < -0.3 is 20.1 Å². The van der Waals surface area contributed by atoms with Crippen LogP contribution >= 0.6 is 35.6 Å². The standard InChI is InChI=1S/C18H26ClN5.HI/c1-20-18(24(3)14-17-12-15(19)13-23(17)2)22-11-7-10-21-16-8-5-4-6-9-16;/h4-6,8-9,12-13,21H,7,10-11,14H2,1-3H3,(H,20,22);1H. The number of aliphatic imine (C=N–C) groups is 1. The van der Waals surface area contributed by atoms with Gasteiger partial charge >= 0.3 is 0 Å². The number of rotatable bonds is 7. The number of guanidine groups is 1. The van der Waals surface area contributed by atoms with E-state index in [0.29, 0.717) is 0 Å². The molecule has 0 aliphatic heterocycles. The van der Waals surface area contributed by atoms with Crippen LogP contribution in [0.2, 0.25) is 5.02 Å². The minimum atomic E-state index is 0. The van der Waals surface area contributed by atoms with Gasteiger partial charge in [-0.25, -0.2) is 0 Å². The Hall–Kier alpha value is -1.41. The van der Waals surface area contributed by atoms with Crippen LogP contribution in [0, 0.1) is 0 Å². The van der Waals surface area contributed by atoms with E-state index < -0.39 is 0 Å². The molecule has 138 valence electrons. The zero-order valence-corrected chi connectivity index (χ0v) is 18.1. The van der Waals surface area contributed by atoms with Crippen molar-refractivity contribution in [3.05, 3.63) is 53.3 Å². The van der Waals surface area contributed by atoms with Gasteiger partial charge in [0.15, 0.2) is 5.96 Å². The van der Waals surface area contributed by atoms with E-state index in [1.54, 1.807) is 7.05 Å². The Kier molecular flexibility index (Phi) is 9.74. The molecule has 1 aromatic heterocycles. The van der Waals surface area contributed by atoms with Crippen LogP contribution in [0.1, 0.15) is 12.1 Å². The highest BCUT2D eigenvalue weighted by molar-refractivity contribution is 14.0. The van der Waals surface area contributed by atoms with Gasteiger partial charge in [0, 0.05) is 51.8 Å². The van der Waals surface area contributed by atoms with Gasteiger partial charge in [-0.3, -0.25) is 4.99 Å². The summed E-state index contributed by atoms with van der Waals surface area (Å²) in [6.07, 6.45) is 2.92. The SMILES string of the molecule is CN=C(NCCCNc1ccccc1)N(C)Cc1cc(Cl)cn1C.I. The molecule has 0 saturated heterocycles. The zero-order valence-electron chi connectivity index (χ0n) is 15.0. The van der Waals surface area contributed by atoms with E-state index in [0.717, 1.165) is 48.4 Å². The molecule has 1 heterocycles. The molecule has 0 radical (unpaired) electrons.